The Hall–Kier alpha value is -1.92. The number of nitrogens with zero attached hydrogens (tertiary/aromatic N) is 4. The van der Waals surface area contributed by atoms with Gasteiger partial charge in [0.05, 0.1) is 6.54 Å². The van der Waals surface area contributed by atoms with Crippen LogP contribution in [-0.4, -0.2) is 45.1 Å². The SMILES string of the molecule is CN(Cc1nnc2n1CCCCC2)C(=O)CCNC(=O)C1CCCC1. The third kappa shape index (κ3) is 4.58. The largest absolute Gasteiger partial charge is 0.355 e. The summed E-state index contributed by atoms with van der Waals surface area (Å²) in [5, 5.41) is 11.5. The van der Waals surface area contributed by atoms with E-state index in [4.69, 9.17) is 0 Å². The number of amides is 2. The van der Waals surface area contributed by atoms with E-state index in [1.165, 1.54) is 6.42 Å². The minimum absolute atomic E-state index is 0.0256. The highest BCUT2D eigenvalue weighted by atomic mass is 16.2. The minimum atomic E-state index is 0.0256. The fourth-order valence-corrected chi connectivity index (χ4v) is 3.78. The zero-order chi connectivity index (χ0) is 17.6. The molecule has 3 rings (SSSR count). The molecule has 1 fully saturated rings. The quantitative estimate of drug-likeness (QED) is 0.849. The fraction of sp³-hybridized carbons (Fsp3) is 0.778. The van der Waals surface area contributed by atoms with Gasteiger partial charge in [0.2, 0.25) is 11.8 Å². The molecule has 1 saturated carbocycles. The maximum absolute atomic E-state index is 12.3. The Morgan fingerprint density at radius 1 is 1.16 bits per heavy atom. The lowest BCUT2D eigenvalue weighted by atomic mass is 10.1. The van der Waals surface area contributed by atoms with Gasteiger partial charge in [-0.3, -0.25) is 9.59 Å². The number of nitrogens with one attached hydrogen (secondary N) is 1. The van der Waals surface area contributed by atoms with E-state index in [2.05, 4.69) is 20.1 Å². The van der Waals surface area contributed by atoms with Crippen LogP contribution in [0, 0.1) is 5.92 Å². The molecule has 2 aliphatic rings. The fourth-order valence-electron chi connectivity index (χ4n) is 3.78. The Morgan fingerprint density at radius 3 is 2.76 bits per heavy atom. The molecule has 0 radical (unpaired) electrons. The molecular weight excluding hydrogens is 318 g/mol. The lowest BCUT2D eigenvalue weighted by Gasteiger charge is -2.18. The van der Waals surface area contributed by atoms with Gasteiger partial charge in [-0.2, -0.15) is 0 Å². The third-order valence-electron chi connectivity index (χ3n) is 5.35. The molecule has 0 spiro atoms. The molecule has 1 aromatic rings. The molecule has 25 heavy (non-hydrogen) atoms. The molecule has 2 amide bonds. The zero-order valence-corrected chi connectivity index (χ0v) is 15.2. The molecule has 0 aromatic carbocycles. The molecule has 0 atom stereocenters. The summed E-state index contributed by atoms with van der Waals surface area (Å²) < 4.78 is 2.17. The number of carbonyl (C=O) groups excluding carboxylic acids is 2. The summed E-state index contributed by atoms with van der Waals surface area (Å²) in [6.45, 7) is 1.83. The molecule has 138 valence electrons. The first-order valence-electron chi connectivity index (χ1n) is 9.58. The van der Waals surface area contributed by atoms with E-state index in [1.807, 2.05) is 0 Å². The van der Waals surface area contributed by atoms with E-state index < -0.39 is 0 Å². The normalized spacial score (nSPS) is 17.8. The Morgan fingerprint density at radius 2 is 1.96 bits per heavy atom. The van der Waals surface area contributed by atoms with E-state index >= 15 is 0 Å². The summed E-state index contributed by atoms with van der Waals surface area (Å²) in [6.07, 6.45) is 9.07. The summed E-state index contributed by atoms with van der Waals surface area (Å²) in [7, 11) is 1.79. The van der Waals surface area contributed by atoms with Crippen LogP contribution in [0.25, 0.3) is 0 Å². The summed E-state index contributed by atoms with van der Waals surface area (Å²) in [5.74, 6) is 2.19. The van der Waals surface area contributed by atoms with Crippen molar-refractivity contribution in [1.82, 2.24) is 25.0 Å². The van der Waals surface area contributed by atoms with E-state index in [9.17, 15) is 9.59 Å². The summed E-state index contributed by atoms with van der Waals surface area (Å²) >= 11 is 0. The summed E-state index contributed by atoms with van der Waals surface area (Å²) in [5.41, 5.74) is 0. The van der Waals surface area contributed by atoms with Gasteiger partial charge in [0.25, 0.3) is 0 Å². The van der Waals surface area contributed by atoms with Gasteiger partial charge >= 0.3 is 0 Å². The van der Waals surface area contributed by atoms with Crippen LogP contribution in [0.15, 0.2) is 0 Å². The number of hydrogen-bond donors (Lipinski definition) is 1. The van der Waals surface area contributed by atoms with Crippen LogP contribution >= 0.6 is 0 Å². The maximum Gasteiger partial charge on any atom is 0.224 e. The van der Waals surface area contributed by atoms with E-state index in [1.54, 1.807) is 11.9 Å². The second-order valence-corrected chi connectivity index (χ2v) is 7.27. The lowest BCUT2D eigenvalue weighted by Crippen LogP contribution is -2.34. The topological polar surface area (TPSA) is 80.1 Å². The van der Waals surface area contributed by atoms with Crippen LogP contribution in [0.4, 0.5) is 0 Å². The van der Waals surface area contributed by atoms with Crippen LogP contribution in [0.5, 0.6) is 0 Å². The lowest BCUT2D eigenvalue weighted by molar-refractivity contribution is -0.130. The molecule has 7 heteroatoms. The molecule has 1 aliphatic carbocycles. The van der Waals surface area contributed by atoms with E-state index in [-0.39, 0.29) is 17.7 Å². The van der Waals surface area contributed by atoms with E-state index in [0.29, 0.717) is 19.5 Å². The average molecular weight is 347 g/mol. The van der Waals surface area contributed by atoms with Crippen LogP contribution in [0.3, 0.4) is 0 Å². The monoisotopic (exact) mass is 347 g/mol. The molecule has 1 aliphatic heterocycles. The number of aromatic nitrogens is 3. The van der Waals surface area contributed by atoms with Crippen LogP contribution in [-0.2, 0) is 29.1 Å². The Kier molecular flexibility index (Phi) is 6.04. The van der Waals surface area contributed by atoms with Crippen molar-refractivity contribution in [2.45, 2.75) is 70.9 Å². The predicted molar refractivity (Wildman–Crippen MR) is 93.6 cm³/mol. The number of hydrogen-bond acceptors (Lipinski definition) is 4. The van der Waals surface area contributed by atoms with Crippen LogP contribution in [0.1, 0.15) is 63.0 Å². The molecule has 0 saturated heterocycles. The first-order chi connectivity index (χ1) is 12.1. The van der Waals surface area contributed by atoms with Crippen LogP contribution < -0.4 is 5.32 Å². The molecule has 0 bridgehead atoms. The summed E-state index contributed by atoms with van der Waals surface area (Å²) in [6, 6.07) is 0. The third-order valence-corrected chi connectivity index (χ3v) is 5.35. The number of carbonyl (C=O) groups is 2. The van der Waals surface area contributed by atoms with Crippen molar-refractivity contribution in [3.63, 3.8) is 0 Å². The second kappa shape index (κ2) is 8.45. The van der Waals surface area contributed by atoms with E-state index in [0.717, 1.165) is 63.1 Å². The Balaban J connectivity index is 1.45. The first-order valence-corrected chi connectivity index (χ1v) is 9.58. The predicted octanol–water partition coefficient (Wildman–Crippen LogP) is 1.66. The highest BCUT2D eigenvalue weighted by Crippen LogP contribution is 2.24. The van der Waals surface area contributed by atoms with Gasteiger partial charge in [-0.05, 0) is 25.7 Å². The molecule has 7 nitrogen and oxygen atoms in total. The van der Waals surface area contributed by atoms with Crippen molar-refractivity contribution in [3.05, 3.63) is 11.6 Å². The van der Waals surface area contributed by atoms with Gasteiger partial charge in [0.15, 0.2) is 5.82 Å². The minimum Gasteiger partial charge on any atom is -0.355 e. The highest BCUT2D eigenvalue weighted by molar-refractivity contribution is 5.80. The van der Waals surface area contributed by atoms with Gasteiger partial charge in [0, 0.05) is 38.9 Å². The van der Waals surface area contributed by atoms with Crippen molar-refractivity contribution in [2.24, 2.45) is 5.92 Å². The molecule has 1 N–H and O–H groups in total. The maximum atomic E-state index is 12.3. The van der Waals surface area contributed by atoms with Crippen molar-refractivity contribution >= 4 is 11.8 Å². The van der Waals surface area contributed by atoms with Gasteiger partial charge in [0.1, 0.15) is 5.82 Å². The highest BCUT2D eigenvalue weighted by Gasteiger charge is 2.23. The van der Waals surface area contributed by atoms with Crippen molar-refractivity contribution < 1.29 is 9.59 Å². The Bertz CT molecular complexity index is 607. The summed E-state index contributed by atoms with van der Waals surface area (Å²) in [4.78, 5) is 26.0. The molecule has 2 heterocycles. The molecule has 1 aromatic heterocycles. The van der Waals surface area contributed by atoms with Crippen molar-refractivity contribution in [2.75, 3.05) is 13.6 Å². The number of fused-ring (bicyclic) bond motifs is 1. The zero-order valence-electron chi connectivity index (χ0n) is 15.2. The number of aryl methyl sites for hydroxylation is 1. The number of rotatable bonds is 6. The Labute approximate surface area is 149 Å². The van der Waals surface area contributed by atoms with Gasteiger partial charge in [-0.15, -0.1) is 10.2 Å². The second-order valence-electron chi connectivity index (χ2n) is 7.27. The molecular formula is C18H29N5O2. The molecule has 0 unspecified atom stereocenters. The smallest absolute Gasteiger partial charge is 0.224 e. The van der Waals surface area contributed by atoms with Gasteiger partial charge in [-0.1, -0.05) is 19.3 Å². The average Bonchev–Trinajstić information content (AvgIpc) is 3.20. The van der Waals surface area contributed by atoms with Gasteiger partial charge < -0.3 is 14.8 Å². The van der Waals surface area contributed by atoms with Crippen molar-refractivity contribution in [3.8, 4) is 0 Å². The van der Waals surface area contributed by atoms with Crippen LogP contribution in [0.2, 0.25) is 0 Å². The van der Waals surface area contributed by atoms with Gasteiger partial charge in [-0.25, -0.2) is 0 Å². The standard InChI is InChI=1S/C18H29N5O2/c1-22(13-16-21-20-15-9-3-2-6-12-23(15)16)17(24)10-11-19-18(25)14-7-4-5-8-14/h14H,2-13H2,1H3,(H,19,25). The van der Waals surface area contributed by atoms with Crippen molar-refractivity contribution in [1.29, 1.82) is 0 Å². The first kappa shape index (κ1) is 17.9.